The van der Waals surface area contributed by atoms with E-state index in [0.717, 1.165) is 25.2 Å². The molecule has 1 aliphatic heterocycles. The number of benzene rings is 1. The molecule has 114 valence electrons. The molecule has 0 bridgehead atoms. The second-order valence-corrected chi connectivity index (χ2v) is 5.98. The van der Waals surface area contributed by atoms with Gasteiger partial charge >= 0.3 is 0 Å². The number of nitrogens with two attached hydrogens (primary N) is 1. The van der Waals surface area contributed by atoms with Crippen LogP contribution in [0.15, 0.2) is 34.9 Å². The minimum atomic E-state index is 0.247. The highest BCUT2D eigenvalue weighted by molar-refractivity contribution is 5.81. The van der Waals surface area contributed by atoms with Crippen molar-refractivity contribution >= 4 is 11.0 Å². The fourth-order valence-corrected chi connectivity index (χ4v) is 3.42. The highest BCUT2D eigenvalue weighted by atomic mass is 16.3. The van der Waals surface area contributed by atoms with Crippen LogP contribution >= 0.6 is 0 Å². The highest BCUT2D eigenvalue weighted by Gasteiger charge is 2.29. The zero-order valence-electron chi connectivity index (χ0n) is 13.0. The van der Waals surface area contributed by atoms with Gasteiger partial charge in [-0.2, -0.15) is 0 Å². The maximum absolute atomic E-state index is 6.11. The maximum atomic E-state index is 6.11. The summed E-state index contributed by atoms with van der Waals surface area (Å²) in [4.78, 5) is 4.98. The van der Waals surface area contributed by atoms with Crippen molar-refractivity contribution in [1.82, 2.24) is 9.80 Å². The summed E-state index contributed by atoms with van der Waals surface area (Å²) in [6.07, 6.45) is 3.07. The molecular formula is C17H25N3O. The van der Waals surface area contributed by atoms with Crippen LogP contribution in [0.25, 0.3) is 11.0 Å². The van der Waals surface area contributed by atoms with Crippen LogP contribution in [0.1, 0.15) is 24.9 Å². The van der Waals surface area contributed by atoms with Crippen molar-refractivity contribution in [3.05, 3.63) is 36.1 Å². The van der Waals surface area contributed by atoms with Crippen molar-refractivity contribution in [3.63, 3.8) is 0 Å². The minimum Gasteiger partial charge on any atom is -0.464 e. The van der Waals surface area contributed by atoms with E-state index in [1.807, 2.05) is 18.4 Å². The minimum absolute atomic E-state index is 0.247. The molecule has 2 N–H and O–H groups in total. The molecule has 2 atom stereocenters. The molecule has 0 spiro atoms. The Morgan fingerprint density at radius 1 is 1.33 bits per heavy atom. The molecule has 1 aliphatic rings. The van der Waals surface area contributed by atoms with Crippen LogP contribution < -0.4 is 5.73 Å². The van der Waals surface area contributed by atoms with Gasteiger partial charge in [0.15, 0.2) is 0 Å². The Hall–Kier alpha value is -1.36. The van der Waals surface area contributed by atoms with Gasteiger partial charge in [0.05, 0.1) is 12.3 Å². The van der Waals surface area contributed by atoms with E-state index in [2.05, 4.69) is 35.9 Å². The first kappa shape index (κ1) is 14.6. The second kappa shape index (κ2) is 6.18. The lowest BCUT2D eigenvalue weighted by Gasteiger charge is -2.42. The number of fused-ring (bicyclic) bond motifs is 1. The van der Waals surface area contributed by atoms with E-state index < -0.39 is 0 Å². The quantitative estimate of drug-likeness (QED) is 0.938. The van der Waals surface area contributed by atoms with E-state index in [4.69, 9.17) is 10.2 Å². The summed E-state index contributed by atoms with van der Waals surface area (Å²) in [5.41, 5.74) is 8.29. The number of likely N-dealkylation sites (N-methyl/N-ethyl adjacent to an activating group) is 1. The normalized spacial score (nSPS) is 22.7. The first-order valence-corrected chi connectivity index (χ1v) is 7.85. The van der Waals surface area contributed by atoms with Gasteiger partial charge in [-0.3, -0.25) is 4.90 Å². The molecule has 1 aromatic heterocycles. The summed E-state index contributed by atoms with van der Waals surface area (Å²) >= 11 is 0. The molecule has 1 aromatic carbocycles. The Morgan fingerprint density at radius 2 is 2.14 bits per heavy atom. The van der Waals surface area contributed by atoms with Crippen LogP contribution in [0, 0.1) is 0 Å². The van der Waals surface area contributed by atoms with Crippen molar-refractivity contribution in [1.29, 1.82) is 0 Å². The number of hydrogen-bond acceptors (Lipinski definition) is 4. The summed E-state index contributed by atoms with van der Waals surface area (Å²) in [6.45, 7) is 6.13. The van der Waals surface area contributed by atoms with Crippen LogP contribution in [0.4, 0.5) is 0 Å². The molecular weight excluding hydrogens is 262 g/mol. The number of nitrogens with zero attached hydrogens (tertiary/aromatic N) is 2. The Labute approximate surface area is 126 Å². The van der Waals surface area contributed by atoms with Crippen molar-refractivity contribution in [2.75, 3.05) is 33.2 Å². The lowest BCUT2D eigenvalue weighted by Crippen LogP contribution is -2.53. The topological polar surface area (TPSA) is 45.6 Å². The molecule has 0 aliphatic carbocycles. The predicted molar refractivity (Wildman–Crippen MR) is 86.3 cm³/mol. The van der Waals surface area contributed by atoms with Gasteiger partial charge in [-0.1, -0.05) is 25.1 Å². The zero-order valence-corrected chi connectivity index (χ0v) is 13.0. The maximum Gasteiger partial charge on any atom is 0.134 e. The lowest BCUT2D eigenvalue weighted by atomic mass is 10.0. The fraction of sp³-hybridized carbons (Fsp3) is 0.529. The van der Waals surface area contributed by atoms with Crippen molar-refractivity contribution in [2.45, 2.75) is 25.4 Å². The third kappa shape index (κ3) is 2.71. The Kier molecular flexibility index (Phi) is 4.29. The second-order valence-electron chi connectivity index (χ2n) is 5.98. The third-order valence-corrected chi connectivity index (χ3v) is 4.81. The summed E-state index contributed by atoms with van der Waals surface area (Å²) < 4.78 is 5.70. The first-order chi connectivity index (χ1) is 10.2. The number of para-hydroxylation sites is 1. The van der Waals surface area contributed by atoms with Gasteiger partial charge < -0.3 is 15.1 Å². The van der Waals surface area contributed by atoms with Crippen molar-refractivity contribution in [3.8, 4) is 0 Å². The first-order valence-electron chi connectivity index (χ1n) is 7.85. The molecule has 21 heavy (non-hydrogen) atoms. The fourth-order valence-electron chi connectivity index (χ4n) is 3.42. The van der Waals surface area contributed by atoms with E-state index in [1.165, 1.54) is 17.4 Å². The molecule has 2 aromatic rings. The molecule has 1 saturated heterocycles. The van der Waals surface area contributed by atoms with Gasteiger partial charge in [-0.25, -0.2) is 0 Å². The van der Waals surface area contributed by atoms with E-state index in [1.54, 1.807) is 0 Å². The zero-order chi connectivity index (χ0) is 14.8. The molecule has 2 unspecified atom stereocenters. The van der Waals surface area contributed by atoms with Gasteiger partial charge in [-0.15, -0.1) is 0 Å². The van der Waals surface area contributed by atoms with E-state index in [9.17, 15) is 0 Å². The van der Waals surface area contributed by atoms with Gasteiger partial charge in [-0.05, 0) is 19.5 Å². The molecule has 2 heterocycles. The smallest absolute Gasteiger partial charge is 0.134 e. The van der Waals surface area contributed by atoms with Crippen LogP contribution in [-0.4, -0.2) is 49.1 Å². The summed E-state index contributed by atoms with van der Waals surface area (Å²) in [5, 5.41) is 1.19. The van der Waals surface area contributed by atoms with Crippen LogP contribution in [0.2, 0.25) is 0 Å². The van der Waals surface area contributed by atoms with E-state index in [-0.39, 0.29) is 6.04 Å². The SMILES string of the molecule is CCC1CN(C(CN)c2coc3ccccc23)CCN1C. The summed E-state index contributed by atoms with van der Waals surface area (Å²) in [6, 6.07) is 9.08. The Morgan fingerprint density at radius 3 is 2.90 bits per heavy atom. The monoisotopic (exact) mass is 287 g/mol. The van der Waals surface area contributed by atoms with Gasteiger partial charge in [0, 0.05) is 43.2 Å². The number of furan rings is 1. The number of piperazine rings is 1. The summed E-state index contributed by atoms with van der Waals surface area (Å²) in [5.74, 6) is 0. The Balaban J connectivity index is 1.88. The average molecular weight is 287 g/mol. The third-order valence-electron chi connectivity index (χ3n) is 4.81. The average Bonchev–Trinajstić information content (AvgIpc) is 2.94. The Bertz CT molecular complexity index is 594. The van der Waals surface area contributed by atoms with Crippen LogP contribution in [0.5, 0.6) is 0 Å². The number of rotatable bonds is 4. The van der Waals surface area contributed by atoms with Crippen molar-refractivity contribution < 1.29 is 4.42 Å². The lowest BCUT2D eigenvalue weighted by molar-refractivity contribution is 0.0645. The van der Waals surface area contributed by atoms with Gasteiger partial charge in [0.2, 0.25) is 0 Å². The molecule has 4 heteroatoms. The van der Waals surface area contributed by atoms with E-state index >= 15 is 0 Å². The van der Waals surface area contributed by atoms with Gasteiger partial charge in [0.25, 0.3) is 0 Å². The highest BCUT2D eigenvalue weighted by Crippen LogP contribution is 2.30. The predicted octanol–water partition coefficient (Wildman–Crippen LogP) is 2.46. The number of hydrogen-bond donors (Lipinski definition) is 1. The summed E-state index contributed by atoms with van der Waals surface area (Å²) in [7, 11) is 2.22. The molecule has 3 rings (SSSR count). The van der Waals surface area contributed by atoms with Crippen LogP contribution in [-0.2, 0) is 0 Å². The molecule has 0 saturated carbocycles. The van der Waals surface area contributed by atoms with Gasteiger partial charge in [0.1, 0.15) is 5.58 Å². The van der Waals surface area contributed by atoms with E-state index in [0.29, 0.717) is 12.6 Å². The molecule has 1 fully saturated rings. The largest absolute Gasteiger partial charge is 0.464 e. The van der Waals surface area contributed by atoms with Crippen LogP contribution in [0.3, 0.4) is 0 Å². The standard InChI is InChI=1S/C17H25N3O/c1-3-13-11-20(9-8-19(13)2)16(10-18)15-12-21-17-7-5-4-6-14(15)17/h4-7,12-13,16H,3,8-11,18H2,1-2H3. The molecule has 0 amide bonds. The van der Waals surface area contributed by atoms with Crippen molar-refractivity contribution in [2.24, 2.45) is 5.73 Å². The molecule has 4 nitrogen and oxygen atoms in total. The molecule has 0 radical (unpaired) electrons.